The lowest BCUT2D eigenvalue weighted by Crippen LogP contribution is -2.44. The Morgan fingerprint density at radius 1 is 1.26 bits per heavy atom. The highest BCUT2D eigenvalue weighted by Crippen LogP contribution is 2.14. The summed E-state index contributed by atoms with van der Waals surface area (Å²) in [6, 6.07) is 5.23. The minimum atomic E-state index is -0.929. The summed E-state index contributed by atoms with van der Waals surface area (Å²) in [5.74, 6) is -0.159. The third-order valence-corrected chi connectivity index (χ3v) is 3.18. The van der Waals surface area contributed by atoms with Gasteiger partial charge in [-0.1, -0.05) is 5.16 Å². The molecule has 1 unspecified atom stereocenters. The molecule has 1 aromatic rings. The molecule has 27 heavy (non-hydrogen) atoms. The molecule has 0 heterocycles. The highest BCUT2D eigenvalue weighted by Gasteiger charge is 2.25. The largest absolute Gasteiger partial charge is 0.494 e. The molecule has 0 fully saturated rings. The van der Waals surface area contributed by atoms with Gasteiger partial charge in [0.15, 0.2) is 5.71 Å². The van der Waals surface area contributed by atoms with Crippen LogP contribution >= 0.6 is 0 Å². The van der Waals surface area contributed by atoms with Crippen LogP contribution in [0.3, 0.4) is 0 Å². The zero-order valence-corrected chi connectivity index (χ0v) is 15.6. The lowest BCUT2D eigenvalue weighted by atomic mass is 10.1. The predicted molar refractivity (Wildman–Crippen MR) is 95.7 cm³/mol. The van der Waals surface area contributed by atoms with E-state index in [0.29, 0.717) is 11.3 Å². The van der Waals surface area contributed by atoms with Gasteiger partial charge in [-0.15, -0.1) is 0 Å². The van der Waals surface area contributed by atoms with Gasteiger partial charge in [0.25, 0.3) is 6.29 Å². The van der Waals surface area contributed by atoms with Gasteiger partial charge in [0, 0.05) is 12.0 Å². The maximum atomic E-state index is 11.8. The van der Waals surface area contributed by atoms with Gasteiger partial charge >= 0.3 is 12.1 Å². The van der Waals surface area contributed by atoms with Crippen molar-refractivity contribution in [3.05, 3.63) is 29.8 Å². The van der Waals surface area contributed by atoms with Crippen LogP contribution < -0.4 is 10.1 Å². The van der Waals surface area contributed by atoms with E-state index in [1.807, 2.05) is 0 Å². The van der Waals surface area contributed by atoms with Crippen LogP contribution in [0.15, 0.2) is 29.4 Å². The normalized spacial score (nSPS) is 12.7. The summed E-state index contributed by atoms with van der Waals surface area (Å²) in [6.45, 7) is 5.24. The first-order chi connectivity index (χ1) is 12.7. The van der Waals surface area contributed by atoms with Gasteiger partial charge in [-0.05, 0) is 45.0 Å². The summed E-state index contributed by atoms with van der Waals surface area (Å²) in [7, 11) is 1.22. The molecule has 1 rings (SSSR count). The molecule has 0 saturated heterocycles. The number of amides is 1. The van der Waals surface area contributed by atoms with Crippen LogP contribution in [0.4, 0.5) is 4.79 Å². The van der Waals surface area contributed by atoms with E-state index in [1.165, 1.54) is 25.5 Å². The first kappa shape index (κ1) is 21.9. The van der Waals surface area contributed by atoms with Gasteiger partial charge in [-0.25, -0.2) is 9.59 Å². The molecule has 0 spiro atoms. The first-order valence-corrected chi connectivity index (χ1v) is 8.11. The molecule has 1 amide bonds. The molecule has 1 aromatic carbocycles. The van der Waals surface area contributed by atoms with E-state index in [2.05, 4.69) is 15.2 Å². The van der Waals surface area contributed by atoms with Crippen molar-refractivity contribution >= 4 is 24.1 Å². The lowest BCUT2D eigenvalue weighted by Gasteiger charge is -2.22. The van der Waals surface area contributed by atoms with Crippen LogP contribution in [-0.4, -0.2) is 54.6 Å². The van der Waals surface area contributed by atoms with Crippen LogP contribution in [0.1, 0.15) is 32.8 Å². The number of esters is 1. The topological polar surface area (TPSA) is 124 Å². The Balaban J connectivity index is 2.62. The van der Waals surface area contributed by atoms with Crippen molar-refractivity contribution in [2.75, 3.05) is 13.7 Å². The molecule has 0 aliphatic heterocycles. The fraction of sp³-hybridized carbons (Fsp3) is 0.444. The highest BCUT2D eigenvalue weighted by molar-refractivity contribution is 6.36. The molecule has 1 radical (unpaired) electrons. The van der Waals surface area contributed by atoms with Crippen LogP contribution in [0.25, 0.3) is 0 Å². The Kier molecular flexibility index (Phi) is 8.25. The highest BCUT2D eigenvalue weighted by atomic mass is 16.6. The molecule has 9 heteroatoms. The number of benzene rings is 1. The monoisotopic (exact) mass is 379 g/mol. The number of methoxy groups -OCH3 is 1. The van der Waals surface area contributed by atoms with E-state index in [1.54, 1.807) is 32.9 Å². The number of carbonyl (C=O) groups excluding carboxylic acids is 3. The Morgan fingerprint density at radius 2 is 1.89 bits per heavy atom. The Hall–Kier alpha value is -3.10. The van der Waals surface area contributed by atoms with Crippen molar-refractivity contribution in [3.8, 4) is 5.75 Å². The van der Waals surface area contributed by atoms with Crippen molar-refractivity contribution in [2.45, 2.75) is 38.8 Å². The molecule has 0 aliphatic carbocycles. The lowest BCUT2D eigenvalue weighted by molar-refractivity contribution is -0.143. The average molecular weight is 379 g/mol. The van der Waals surface area contributed by atoms with Gasteiger partial charge < -0.3 is 24.7 Å². The number of ether oxygens (including phenoxy) is 3. The van der Waals surface area contributed by atoms with E-state index in [0.717, 1.165) is 0 Å². The van der Waals surface area contributed by atoms with Gasteiger partial charge in [-0.3, -0.25) is 4.79 Å². The number of oxime groups is 1. The van der Waals surface area contributed by atoms with Crippen LogP contribution in [0, 0.1) is 0 Å². The van der Waals surface area contributed by atoms with Crippen LogP contribution in [-0.2, 0) is 19.1 Å². The fourth-order valence-electron chi connectivity index (χ4n) is 1.98. The Morgan fingerprint density at radius 3 is 2.37 bits per heavy atom. The number of alkyl carbamates (subject to hydrolysis) is 1. The molecular formula is C18H23N2O7. The summed E-state index contributed by atoms with van der Waals surface area (Å²) < 4.78 is 15.3. The predicted octanol–water partition coefficient (Wildman–Crippen LogP) is 1.81. The zero-order chi connectivity index (χ0) is 20.4. The number of carbonyl (C=O) groups is 2. The second kappa shape index (κ2) is 10.1. The second-order valence-corrected chi connectivity index (χ2v) is 6.43. The Labute approximate surface area is 157 Å². The van der Waals surface area contributed by atoms with Gasteiger partial charge in [-0.2, -0.15) is 0 Å². The van der Waals surface area contributed by atoms with Crippen molar-refractivity contribution < 1.29 is 33.8 Å². The number of rotatable bonds is 8. The van der Waals surface area contributed by atoms with Crippen molar-refractivity contribution in [2.24, 2.45) is 5.16 Å². The summed E-state index contributed by atoms with van der Waals surface area (Å²) in [5.41, 5.74) is -0.550. The minimum Gasteiger partial charge on any atom is -0.494 e. The van der Waals surface area contributed by atoms with Crippen molar-refractivity contribution in [1.29, 1.82) is 0 Å². The molecule has 0 saturated carbocycles. The third-order valence-electron chi connectivity index (χ3n) is 3.18. The first-order valence-electron chi connectivity index (χ1n) is 8.11. The molecule has 0 aromatic heterocycles. The molecule has 0 aliphatic rings. The zero-order valence-electron chi connectivity index (χ0n) is 15.6. The third kappa shape index (κ3) is 7.76. The summed E-state index contributed by atoms with van der Waals surface area (Å²) in [6.07, 6.45) is 0.923. The molecular weight excluding hydrogens is 356 g/mol. The number of nitrogens with zero attached hydrogens (tertiary/aromatic N) is 1. The molecule has 1 atom stereocenters. The van der Waals surface area contributed by atoms with E-state index in [9.17, 15) is 14.4 Å². The smallest absolute Gasteiger partial charge is 0.408 e. The minimum absolute atomic E-state index is 0.107. The number of hydrogen-bond donors (Lipinski definition) is 2. The van der Waals surface area contributed by atoms with Gasteiger partial charge in [0.05, 0.1) is 13.7 Å². The maximum absolute atomic E-state index is 11.8. The summed E-state index contributed by atoms with van der Waals surface area (Å²) >= 11 is 0. The van der Waals surface area contributed by atoms with Crippen LogP contribution in [0.2, 0.25) is 0 Å². The quantitative estimate of drug-likeness (QED) is 0.305. The van der Waals surface area contributed by atoms with E-state index in [4.69, 9.17) is 14.7 Å². The van der Waals surface area contributed by atoms with E-state index >= 15 is 0 Å². The Bertz CT molecular complexity index is 678. The standard InChI is InChI=1S/C18H23N2O7/c1-18(2,3)27-17(23)19-14(16(22)25-4)9-10-26-13-7-5-12(6-8-13)15(11-21)20-24/h5-8,14,24H,9-10H2,1-4H3,(H,19,23). The van der Waals surface area contributed by atoms with Crippen LogP contribution in [0.5, 0.6) is 5.75 Å². The molecule has 0 bridgehead atoms. The van der Waals surface area contributed by atoms with Gasteiger partial charge in [0.2, 0.25) is 0 Å². The van der Waals surface area contributed by atoms with E-state index in [-0.39, 0.29) is 18.7 Å². The molecule has 147 valence electrons. The van der Waals surface area contributed by atoms with Gasteiger partial charge in [0.1, 0.15) is 17.4 Å². The van der Waals surface area contributed by atoms with Crippen molar-refractivity contribution in [1.82, 2.24) is 5.32 Å². The summed E-state index contributed by atoms with van der Waals surface area (Å²) in [4.78, 5) is 34.3. The number of hydrogen-bond acceptors (Lipinski definition) is 8. The maximum Gasteiger partial charge on any atom is 0.408 e. The SMILES string of the molecule is COC(=O)C(CCOc1ccc(C([C]=O)=NO)cc1)NC(=O)OC(C)(C)C. The van der Waals surface area contributed by atoms with E-state index < -0.39 is 23.7 Å². The fourth-order valence-corrected chi connectivity index (χ4v) is 1.98. The molecule has 9 nitrogen and oxygen atoms in total. The van der Waals surface area contributed by atoms with Crippen molar-refractivity contribution in [3.63, 3.8) is 0 Å². The number of nitrogens with one attached hydrogen (secondary N) is 1. The average Bonchev–Trinajstić information content (AvgIpc) is 2.61. The summed E-state index contributed by atoms with van der Waals surface area (Å²) in [5, 5.41) is 13.9. The molecule has 2 N–H and O–H groups in total. The second-order valence-electron chi connectivity index (χ2n) is 6.43.